The summed E-state index contributed by atoms with van der Waals surface area (Å²) >= 11 is 0. The summed E-state index contributed by atoms with van der Waals surface area (Å²) < 4.78 is 15.3. The molecule has 2 heterocycles. The predicted molar refractivity (Wildman–Crippen MR) is 103 cm³/mol. The van der Waals surface area contributed by atoms with Crippen LogP contribution < -0.4 is 0 Å². The van der Waals surface area contributed by atoms with Crippen LogP contribution in [0.3, 0.4) is 0 Å². The zero-order valence-electron chi connectivity index (χ0n) is 16.3. The van der Waals surface area contributed by atoms with E-state index in [-0.39, 0.29) is 11.6 Å². The number of carbonyl (C=O) groups excluding carboxylic acids is 1. The molecule has 0 N–H and O–H groups in total. The number of aryl methyl sites for hydroxylation is 1. The van der Waals surface area contributed by atoms with Crippen LogP contribution in [0.15, 0.2) is 30.3 Å². The highest BCUT2D eigenvalue weighted by Gasteiger charge is 2.25. The van der Waals surface area contributed by atoms with Crippen LogP contribution in [0, 0.1) is 31.5 Å². The Balaban J connectivity index is 1.74. The zero-order valence-corrected chi connectivity index (χ0v) is 16.3. The van der Waals surface area contributed by atoms with E-state index in [0.717, 1.165) is 35.6 Å². The number of carbonyl (C=O) groups is 1. The van der Waals surface area contributed by atoms with Crippen molar-refractivity contribution in [3.05, 3.63) is 58.7 Å². The van der Waals surface area contributed by atoms with E-state index in [4.69, 9.17) is 0 Å². The zero-order chi connectivity index (χ0) is 18.8. The van der Waals surface area contributed by atoms with Crippen LogP contribution in [0.2, 0.25) is 0 Å². The SMILES string of the molecule is Cc1cc(C(=O)CN2CC(C)CC(C)C2)c(C)n1Cc1ccc(F)cc1. The Hall–Kier alpha value is -1.94. The summed E-state index contributed by atoms with van der Waals surface area (Å²) in [5.74, 6) is 1.27. The van der Waals surface area contributed by atoms with Crippen molar-refractivity contribution in [1.82, 2.24) is 9.47 Å². The Morgan fingerprint density at radius 1 is 1.12 bits per heavy atom. The van der Waals surface area contributed by atoms with Crippen molar-refractivity contribution in [1.29, 1.82) is 0 Å². The molecule has 0 aliphatic carbocycles. The van der Waals surface area contributed by atoms with Gasteiger partial charge in [-0.2, -0.15) is 0 Å². The molecule has 3 nitrogen and oxygen atoms in total. The standard InChI is InChI=1S/C22H29FN2O/c1-15-9-16(2)12-24(11-15)14-22(26)21-10-17(3)25(18(21)4)13-19-5-7-20(23)8-6-19/h5-8,10,15-16H,9,11-14H2,1-4H3. The maximum atomic E-state index is 13.1. The van der Waals surface area contributed by atoms with Crippen molar-refractivity contribution in [3.63, 3.8) is 0 Å². The second-order valence-corrected chi connectivity index (χ2v) is 8.06. The number of nitrogens with zero attached hydrogens (tertiary/aromatic N) is 2. The molecular formula is C22H29FN2O. The summed E-state index contributed by atoms with van der Waals surface area (Å²) in [5, 5.41) is 0. The van der Waals surface area contributed by atoms with Crippen molar-refractivity contribution in [2.75, 3.05) is 19.6 Å². The first kappa shape index (κ1) is 18.8. The number of benzene rings is 1. The molecule has 1 aromatic heterocycles. The molecule has 0 bridgehead atoms. The number of ketones is 1. The molecule has 0 amide bonds. The summed E-state index contributed by atoms with van der Waals surface area (Å²) in [4.78, 5) is 15.2. The Morgan fingerprint density at radius 2 is 1.73 bits per heavy atom. The lowest BCUT2D eigenvalue weighted by atomic mass is 9.91. The minimum absolute atomic E-state index is 0.199. The van der Waals surface area contributed by atoms with Crippen LogP contribution in [0.25, 0.3) is 0 Å². The van der Waals surface area contributed by atoms with Gasteiger partial charge in [0.2, 0.25) is 0 Å². The number of piperidine rings is 1. The highest BCUT2D eigenvalue weighted by Crippen LogP contribution is 2.23. The van der Waals surface area contributed by atoms with E-state index in [1.807, 2.05) is 19.9 Å². The molecule has 26 heavy (non-hydrogen) atoms. The van der Waals surface area contributed by atoms with Gasteiger partial charge < -0.3 is 4.57 Å². The number of rotatable bonds is 5. The third kappa shape index (κ3) is 4.24. The highest BCUT2D eigenvalue weighted by atomic mass is 19.1. The number of likely N-dealkylation sites (tertiary alicyclic amines) is 1. The van der Waals surface area contributed by atoms with E-state index >= 15 is 0 Å². The molecule has 2 unspecified atom stereocenters. The number of halogens is 1. The molecule has 0 saturated carbocycles. The third-order valence-corrected chi connectivity index (χ3v) is 5.44. The van der Waals surface area contributed by atoms with E-state index in [0.29, 0.717) is 24.9 Å². The number of aromatic nitrogens is 1. The quantitative estimate of drug-likeness (QED) is 0.740. The van der Waals surface area contributed by atoms with Crippen LogP contribution >= 0.6 is 0 Å². The van der Waals surface area contributed by atoms with Gasteiger partial charge in [0.15, 0.2) is 5.78 Å². The van der Waals surface area contributed by atoms with Crippen molar-refractivity contribution >= 4 is 5.78 Å². The monoisotopic (exact) mass is 356 g/mol. The van der Waals surface area contributed by atoms with Crippen molar-refractivity contribution < 1.29 is 9.18 Å². The second-order valence-electron chi connectivity index (χ2n) is 8.06. The molecule has 0 spiro atoms. The summed E-state index contributed by atoms with van der Waals surface area (Å²) in [6.07, 6.45) is 1.25. The molecule has 1 aliphatic rings. The van der Waals surface area contributed by atoms with Crippen molar-refractivity contribution in [2.45, 2.75) is 40.7 Å². The summed E-state index contributed by atoms with van der Waals surface area (Å²) in [5.41, 5.74) is 3.91. The number of Topliss-reactive ketones (excluding diaryl/α,β-unsaturated/α-hetero) is 1. The summed E-state index contributed by atoms with van der Waals surface area (Å²) in [6, 6.07) is 8.55. The van der Waals surface area contributed by atoms with E-state index in [1.165, 1.54) is 18.6 Å². The second kappa shape index (κ2) is 7.75. The van der Waals surface area contributed by atoms with Crippen molar-refractivity contribution in [2.24, 2.45) is 11.8 Å². The lowest BCUT2D eigenvalue weighted by Crippen LogP contribution is -2.41. The summed E-state index contributed by atoms with van der Waals surface area (Å²) in [6.45, 7) is 11.7. The van der Waals surface area contributed by atoms with Gasteiger partial charge in [-0.3, -0.25) is 9.69 Å². The molecule has 2 aromatic rings. The molecule has 3 rings (SSSR count). The van der Waals surface area contributed by atoms with Crippen LogP contribution in [0.5, 0.6) is 0 Å². The fourth-order valence-electron chi connectivity index (χ4n) is 4.31. The molecular weight excluding hydrogens is 327 g/mol. The Kier molecular flexibility index (Phi) is 5.61. The first-order valence-electron chi connectivity index (χ1n) is 9.50. The lowest BCUT2D eigenvalue weighted by Gasteiger charge is -2.34. The van der Waals surface area contributed by atoms with Gasteiger partial charge in [0, 0.05) is 36.6 Å². The molecule has 1 saturated heterocycles. The topological polar surface area (TPSA) is 25.2 Å². The van der Waals surface area contributed by atoms with Gasteiger partial charge in [0.05, 0.1) is 6.54 Å². The fourth-order valence-corrected chi connectivity index (χ4v) is 4.31. The maximum absolute atomic E-state index is 13.1. The minimum atomic E-state index is -0.226. The molecule has 1 fully saturated rings. The minimum Gasteiger partial charge on any atom is -0.344 e. The molecule has 0 radical (unpaired) electrons. The van der Waals surface area contributed by atoms with Crippen LogP contribution in [0.4, 0.5) is 4.39 Å². The van der Waals surface area contributed by atoms with E-state index in [1.54, 1.807) is 12.1 Å². The van der Waals surface area contributed by atoms with Gasteiger partial charge in [0.1, 0.15) is 5.82 Å². The van der Waals surface area contributed by atoms with Gasteiger partial charge in [-0.05, 0) is 55.9 Å². The lowest BCUT2D eigenvalue weighted by molar-refractivity contribution is 0.0849. The largest absolute Gasteiger partial charge is 0.344 e. The van der Waals surface area contributed by atoms with E-state index in [2.05, 4.69) is 23.3 Å². The van der Waals surface area contributed by atoms with Crippen LogP contribution in [-0.2, 0) is 6.54 Å². The fraction of sp³-hybridized carbons (Fsp3) is 0.500. The average molecular weight is 356 g/mol. The third-order valence-electron chi connectivity index (χ3n) is 5.44. The highest BCUT2D eigenvalue weighted by molar-refractivity contribution is 5.99. The predicted octanol–water partition coefficient (Wildman–Crippen LogP) is 4.45. The Morgan fingerprint density at radius 3 is 2.35 bits per heavy atom. The molecule has 1 aliphatic heterocycles. The Labute approximate surface area is 155 Å². The molecule has 2 atom stereocenters. The van der Waals surface area contributed by atoms with Crippen molar-refractivity contribution in [3.8, 4) is 0 Å². The average Bonchev–Trinajstić information content (AvgIpc) is 2.84. The first-order chi connectivity index (χ1) is 12.3. The number of hydrogen-bond donors (Lipinski definition) is 0. The molecule has 140 valence electrons. The van der Waals surface area contributed by atoms with Gasteiger partial charge in [-0.1, -0.05) is 26.0 Å². The molecule has 1 aromatic carbocycles. The van der Waals surface area contributed by atoms with Crippen LogP contribution in [-0.4, -0.2) is 34.9 Å². The van der Waals surface area contributed by atoms with Gasteiger partial charge >= 0.3 is 0 Å². The normalized spacial score (nSPS) is 21.1. The molecule has 4 heteroatoms. The van der Waals surface area contributed by atoms with Gasteiger partial charge in [-0.15, -0.1) is 0 Å². The maximum Gasteiger partial charge on any atom is 0.178 e. The van der Waals surface area contributed by atoms with E-state index in [9.17, 15) is 9.18 Å². The van der Waals surface area contributed by atoms with Gasteiger partial charge in [-0.25, -0.2) is 4.39 Å². The van der Waals surface area contributed by atoms with Gasteiger partial charge in [0.25, 0.3) is 0 Å². The Bertz CT molecular complexity index is 768. The smallest absolute Gasteiger partial charge is 0.178 e. The summed E-state index contributed by atoms with van der Waals surface area (Å²) in [7, 11) is 0. The first-order valence-corrected chi connectivity index (χ1v) is 9.50. The van der Waals surface area contributed by atoms with Crippen LogP contribution in [0.1, 0.15) is 47.6 Å². The number of hydrogen-bond acceptors (Lipinski definition) is 2. The van der Waals surface area contributed by atoms with E-state index < -0.39 is 0 Å².